The normalized spacial score (nSPS) is 11.4. The number of aromatic amines is 1. The second-order valence-corrected chi connectivity index (χ2v) is 5.66. The van der Waals surface area contributed by atoms with Crippen LogP contribution in [0.15, 0.2) is 58.2 Å². The Hall–Kier alpha value is -3.35. The van der Waals surface area contributed by atoms with Crippen LogP contribution in [0.25, 0.3) is 11.3 Å². The maximum Gasteiger partial charge on any atom is 0.289 e. The number of benzene rings is 1. The number of amides is 1. The lowest BCUT2D eigenvalue weighted by Crippen LogP contribution is -2.19. The van der Waals surface area contributed by atoms with Crippen molar-refractivity contribution in [2.45, 2.75) is 20.3 Å². The summed E-state index contributed by atoms with van der Waals surface area (Å²) in [6, 6.07) is 12.8. The third-order valence-electron chi connectivity index (χ3n) is 3.65. The molecule has 2 aromatic heterocycles. The fourth-order valence-corrected chi connectivity index (χ4v) is 2.26. The number of nitrogens with zero attached hydrogens (tertiary/aromatic N) is 2. The van der Waals surface area contributed by atoms with Gasteiger partial charge in [-0.15, -0.1) is 0 Å². The molecule has 0 aliphatic heterocycles. The zero-order valence-electron chi connectivity index (χ0n) is 14.7. The molecule has 1 amide bonds. The molecule has 0 fully saturated rings. The molecular weight excluding hydrogens is 332 g/mol. The topological polar surface area (TPSA) is 92.5 Å². The van der Waals surface area contributed by atoms with E-state index in [1.807, 2.05) is 24.3 Å². The van der Waals surface area contributed by atoms with Gasteiger partial charge in [-0.3, -0.25) is 9.89 Å². The molecule has 2 N–H and O–H groups in total. The zero-order valence-corrected chi connectivity index (χ0v) is 14.7. The number of carbonyl (C=O) groups excluding carboxylic acids is 1. The Morgan fingerprint density at radius 1 is 1.31 bits per heavy atom. The Morgan fingerprint density at radius 2 is 2.12 bits per heavy atom. The van der Waals surface area contributed by atoms with Crippen LogP contribution in [0.2, 0.25) is 0 Å². The minimum atomic E-state index is -0.377. The number of hydrazone groups is 1. The molecule has 7 nitrogen and oxygen atoms in total. The summed E-state index contributed by atoms with van der Waals surface area (Å²) in [5, 5.41) is 10.9. The summed E-state index contributed by atoms with van der Waals surface area (Å²) in [6.07, 6.45) is 2.51. The van der Waals surface area contributed by atoms with Crippen LogP contribution in [-0.4, -0.2) is 28.4 Å². The summed E-state index contributed by atoms with van der Waals surface area (Å²) < 4.78 is 10.8. The van der Waals surface area contributed by atoms with Crippen molar-refractivity contribution in [3.63, 3.8) is 0 Å². The molecule has 0 radical (unpaired) electrons. The first-order valence-corrected chi connectivity index (χ1v) is 8.34. The molecule has 3 aromatic rings. The lowest BCUT2D eigenvalue weighted by molar-refractivity contribution is 0.0950. The first kappa shape index (κ1) is 17.5. The van der Waals surface area contributed by atoms with Crippen molar-refractivity contribution in [2.75, 3.05) is 6.61 Å². The van der Waals surface area contributed by atoms with Gasteiger partial charge in [0.05, 0.1) is 18.6 Å². The highest BCUT2D eigenvalue weighted by Crippen LogP contribution is 2.21. The first-order valence-electron chi connectivity index (χ1n) is 8.34. The molecule has 0 aliphatic carbocycles. The van der Waals surface area contributed by atoms with Crippen molar-refractivity contribution in [1.82, 2.24) is 15.6 Å². The highest BCUT2D eigenvalue weighted by atomic mass is 16.5. The molecule has 7 heteroatoms. The number of carbonyl (C=O) groups is 1. The number of aromatic nitrogens is 2. The average molecular weight is 352 g/mol. The van der Waals surface area contributed by atoms with E-state index in [1.54, 1.807) is 31.4 Å². The van der Waals surface area contributed by atoms with Crippen molar-refractivity contribution >= 4 is 11.6 Å². The number of furan rings is 1. The molecular formula is C19H20N4O3. The van der Waals surface area contributed by atoms with Gasteiger partial charge in [0.25, 0.3) is 5.91 Å². The van der Waals surface area contributed by atoms with Gasteiger partial charge >= 0.3 is 0 Å². The van der Waals surface area contributed by atoms with Crippen LogP contribution >= 0.6 is 0 Å². The molecule has 0 unspecified atom stereocenters. The van der Waals surface area contributed by atoms with Crippen molar-refractivity contribution in [3.8, 4) is 17.0 Å². The van der Waals surface area contributed by atoms with Crippen LogP contribution in [0.5, 0.6) is 5.75 Å². The van der Waals surface area contributed by atoms with E-state index in [-0.39, 0.29) is 5.91 Å². The predicted molar refractivity (Wildman–Crippen MR) is 98.2 cm³/mol. The highest BCUT2D eigenvalue weighted by molar-refractivity contribution is 5.98. The van der Waals surface area contributed by atoms with Crippen molar-refractivity contribution in [1.29, 1.82) is 0 Å². The van der Waals surface area contributed by atoms with Gasteiger partial charge in [-0.25, -0.2) is 5.43 Å². The molecule has 26 heavy (non-hydrogen) atoms. The Balaban J connectivity index is 1.65. The quantitative estimate of drug-likeness (QED) is 0.502. The largest absolute Gasteiger partial charge is 0.494 e. The van der Waals surface area contributed by atoms with Crippen LogP contribution in [0.4, 0.5) is 0 Å². The van der Waals surface area contributed by atoms with Crippen molar-refractivity contribution in [2.24, 2.45) is 5.10 Å². The second kappa shape index (κ2) is 8.15. The predicted octanol–water partition coefficient (Wildman–Crippen LogP) is 3.61. The zero-order chi connectivity index (χ0) is 18.4. The standard InChI is InChI=1S/C19H20N4O3/c1-3-10-25-15-8-6-14(7-9-15)16-12-17(22-21-16)19(24)23-20-13(2)18-5-4-11-26-18/h4-9,11-12H,3,10H2,1-2H3,(H,21,22)(H,23,24). The third kappa shape index (κ3) is 4.18. The van der Waals surface area contributed by atoms with E-state index in [9.17, 15) is 4.79 Å². The van der Waals surface area contributed by atoms with Gasteiger partial charge < -0.3 is 9.15 Å². The number of hydrogen-bond acceptors (Lipinski definition) is 5. The highest BCUT2D eigenvalue weighted by Gasteiger charge is 2.11. The second-order valence-electron chi connectivity index (χ2n) is 5.66. The molecule has 0 aliphatic rings. The molecule has 134 valence electrons. The minimum absolute atomic E-state index is 0.322. The van der Waals surface area contributed by atoms with Crippen molar-refractivity contribution < 1.29 is 13.9 Å². The summed E-state index contributed by atoms with van der Waals surface area (Å²) in [5.41, 5.74) is 4.94. The number of hydrogen-bond donors (Lipinski definition) is 2. The van der Waals surface area contributed by atoms with Crippen LogP contribution in [-0.2, 0) is 0 Å². The van der Waals surface area contributed by atoms with Gasteiger partial charge in [-0.1, -0.05) is 6.92 Å². The third-order valence-corrected chi connectivity index (χ3v) is 3.65. The van der Waals surface area contributed by atoms with E-state index in [2.05, 4.69) is 27.6 Å². The Labute approximate surface area is 151 Å². The Kier molecular flexibility index (Phi) is 5.48. The van der Waals surface area contributed by atoms with E-state index in [1.165, 1.54) is 0 Å². The molecule has 0 atom stereocenters. The SMILES string of the molecule is CCCOc1ccc(-c2cc(C(=O)NN=C(C)c3ccco3)[nH]n2)cc1. The molecule has 0 saturated heterocycles. The van der Waals surface area contributed by atoms with Gasteiger partial charge in [0.1, 0.15) is 22.9 Å². The van der Waals surface area contributed by atoms with Gasteiger partial charge in [-0.2, -0.15) is 10.2 Å². The fraction of sp³-hybridized carbons (Fsp3) is 0.211. The molecule has 3 rings (SSSR count). The molecule has 1 aromatic carbocycles. The van der Waals surface area contributed by atoms with E-state index in [4.69, 9.17) is 9.15 Å². The lowest BCUT2D eigenvalue weighted by atomic mass is 10.1. The van der Waals surface area contributed by atoms with Gasteiger partial charge in [0, 0.05) is 5.56 Å². The summed E-state index contributed by atoms with van der Waals surface area (Å²) in [4.78, 5) is 12.2. The average Bonchev–Trinajstić information content (AvgIpc) is 3.36. The molecule has 0 saturated carbocycles. The van der Waals surface area contributed by atoms with Crippen LogP contribution in [0, 0.1) is 0 Å². The number of H-pyrrole nitrogens is 1. The maximum atomic E-state index is 12.2. The lowest BCUT2D eigenvalue weighted by Gasteiger charge is -2.04. The Morgan fingerprint density at radius 3 is 2.81 bits per heavy atom. The smallest absolute Gasteiger partial charge is 0.289 e. The van der Waals surface area contributed by atoms with E-state index >= 15 is 0 Å². The number of ether oxygens (including phenoxy) is 1. The summed E-state index contributed by atoms with van der Waals surface area (Å²) >= 11 is 0. The van der Waals surface area contributed by atoms with Gasteiger partial charge in [0.2, 0.25) is 0 Å². The maximum absolute atomic E-state index is 12.2. The van der Waals surface area contributed by atoms with Crippen LogP contribution in [0.3, 0.4) is 0 Å². The Bertz CT molecular complexity index is 880. The summed E-state index contributed by atoms with van der Waals surface area (Å²) in [7, 11) is 0. The number of rotatable bonds is 7. The summed E-state index contributed by atoms with van der Waals surface area (Å²) in [6.45, 7) is 4.49. The molecule has 0 bridgehead atoms. The molecule has 2 heterocycles. The fourth-order valence-electron chi connectivity index (χ4n) is 2.26. The van der Waals surface area contributed by atoms with Crippen LogP contribution < -0.4 is 10.2 Å². The minimum Gasteiger partial charge on any atom is -0.494 e. The molecule has 0 spiro atoms. The van der Waals surface area contributed by atoms with Gasteiger partial charge in [0.15, 0.2) is 0 Å². The monoisotopic (exact) mass is 352 g/mol. The van der Waals surface area contributed by atoms with E-state index < -0.39 is 0 Å². The van der Waals surface area contributed by atoms with E-state index in [0.717, 1.165) is 17.7 Å². The van der Waals surface area contributed by atoms with Crippen LogP contribution in [0.1, 0.15) is 36.5 Å². The number of nitrogens with one attached hydrogen (secondary N) is 2. The first-order chi connectivity index (χ1) is 12.7. The summed E-state index contributed by atoms with van der Waals surface area (Å²) in [5.74, 6) is 1.03. The van der Waals surface area contributed by atoms with E-state index in [0.29, 0.717) is 29.5 Å². The van der Waals surface area contributed by atoms with Crippen molar-refractivity contribution in [3.05, 3.63) is 60.2 Å². The van der Waals surface area contributed by atoms with Gasteiger partial charge in [-0.05, 0) is 55.8 Å².